The second-order valence-corrected chi connectivity index (χ2v) is 8.59. The van der Waals surface area contributed by atoms with Crippen LogP contribution < -0.4 is 14.9 Å². The zero-order valence-electron chi connectivity index (χ0n) is 19.0. The molecular weight excluding hydrogens is 429 g/mol. The van der Waals surface area contributed by atoms with Crippen molar-refractivity contribution in [2.24, 2.45) is 5.10 Å². The van der Waals surface area contributed by atoms with Gasteiger partial charge in [0.25, 0.3) is 0 Å². The van der Waals surface area contributed by atoms with Crippen molar-refractivity contribution in [3.8, 4) is 11.5 Å². The van der Waals surface area contributed by atoms with Gasteiger partial charge in [0.05, 0.1) is 24.6 Å². The maximum absolute atomic E-state index is 12.8. The monoisotopic (exact) mass is 456 g/mol. The van der Waals surface area contributed by atoms with Gasteiger partial charge >= 0.3 is 6.18 Å². The molecule has 3 aromatic carbocycles. The van der Waals surface area contributed by atoms with Gasteiger partial charge in [0.1, 0.15) is 6.61 Å². The lowest BCUT2D eigenvalue weighted by Gasteiger charge is -2.19. The van der Waals surface area contributed by atoms with Crippen LogP contribution in [0.3, 0.4) is 0 Å². The first-order valence-corrected chi connectivity index (χ1v) is 10.4. The number of nitrogens with zero attached hydrogens (tertiary/aromatic N) is 1. The fourth-order valence-electron chi connectivity index (χ4n) is 3.09. The van der Waals surface area contributed by atoms with Crippen molar-refractivity contribution in [3.05, 3.63) is 89.0 Å². The van der Waals surface area contributed by atoms with Crippen LogP contribution in [0, 0.1) is 0 Å². The van der Waals surface area contributed by atoms with Crippen LogP contribution in [0.25, 0.3) is 0 Å². The Balaban J connectivity index is 1.63. The molecule has 7 heteroatoms. The second-order valence-electron chi connectivity index (χ2n) is 8.59. The highest BCUT2D eigenvalue weighted by Gasteiger charge is 2.30. The third-order valence-electron chi connectivity index (χ3n) is 5.00. The quantitative estimate of drug-likeness (QED) is 0.306. The van der Waals surface area contributed by atoms with Crippen LogP contribution in [-0.2, 0) is 18.2 Å². The summed E-state index contributed by atoms with van der Waals surface area (Å²) in [4.78, 5) is 0. The molecule has 33 heavy (non-hydrogen) atoms. The first-order valence-electron chi connectivity index (χ1n) is 10.4. The molecule has 0 aliphatic carbocycles. The number of halogens is 3. The third kappa shape index (κ3) is 6.75. The summed E-state index contributed by atoms with van der Waals surface area (Å²) in [5.74, 6) is 1.12. The summed E-state index contributed by atoms with van der Waals surface area (Å²) in [6.45, 7) is 6.90. The molecule has 0 saturated heterocycles. The van der Waals surface area contributed by atoms with E-state index in [9.17, 15) is 13.2 Å². The summed E-state index contributed by atoms with van der Waals surface area (Å²) in [6.07, 6.45) is -2.91. The largest absolute Gasteiger partial charge is 0.493 e. The second kappa shape index (κ2) is 9.98. The summed E-state index contributed by atoms with van der Waals surface area (Å²) in [5, 5.41) is 4.02. The van der Waals surface area contributed by atoms with Gasteiger partial charge < -0.3 is 9.47 Å². The maximum atomic E-state index is 12.8. The molecule has 0 atom stereocenters. The maximum Gasteiger partial charge on any atom is 0.416 e. The average molecular weight is 457 g/mol. The molecule has 0 radical (unpaired) electrons. The van der Waals surface area contributed by atoms with E-state index in [1.165, 1.54) is 23.9 Å². The smallest absolute Gasteiger partial charge is 0.416 e. The minimum Gasteiger partial charge on any atom is -0.493 e. The Morgan fingerprint density at radius 1 is 0.879 bits per heavy atom. The zero-order chi connectivity index (χ0) is 24.1. The summed E-state index contributed by atoms with van der Waals surface area (Å²) in [6, 6.07) is 18.5. The first-order chi connectivity index (χ1) is 15.6. The summed E-state index contributed by atoms with van der Waals surface area (Å²) >= 11 is 0. The molecule has 0 spiro atoms. The zero-order valence-corrected chi connectivity index (χ0v) is 19.0. The number of alkyl halides is 3. The number of benzene rings is 3. The van der Waals surface area contributed by atoms with Crippen molar-refractivity contribution in [1.29, 1.82) is 0 Å². The van der Waals surface area contributed by atoms with Crippen molar-refractivity contribution in [3.63, 3.8) is 0 Å². The minimum atomic E-state index is -4.40. The van der Waals surface area contributed by atoms with Crippen LogP contribution in [0.15, 0.2) is 71.8 Å². The summed E-state index contributed by atoms with van der Waals surface area (Å²) in [7, 11) is 1.54. The normalized spacial score (nSPS) is 12.1. The van der Waals surface area contributed by atoms with Gasteiger partial charge in [0.2, 0.25) is 0 Å². The molecule has 0 aliphatic heterocycles. The number of nitrogens with one attached hydrogen (secondary N) is 1. The van der Waals surface area contributed by atoms with Crippen molar-refractivity contribution in [2.45, 2.75) is 39.0 Å². The van der Waals surface area contributed by atoms with Gasteiger partial charge in [0.15, 0.2) is 11.5 Å². The number of hydrogen-bond donors (Lipinski definition) is 1. The molecule has 174 valence electrons. The Kier molecular flexibility index (Phi) is 7.31. The van der Waals surface area contributed by atoms with E-state index < -0.39 is 11.7 Å². The molecule has 0 amide bonds. The van der Waals surface area contributed by atoms with E-state index in [-0.39, 0.29) is 11.1 Å². The minimum absolute atomic E-state index is 0.0932. The van der Waals surface area contributed by atoms with Gasteiger partial charge in [-0.15, -0.1) is 0 Å². The molecular formula is C26H27F3N2O2. The molecule has 0 fully saturated rings. The average Bonchev–Trinajstić information content (AvgIpc) is 2.77. The van der Waals surface area contributed by atoms with Crippen LogP contribution >= 0.6 is 0 Å². The Bertz CT molecular complexity index is 1100. The van der Waals surface area contributed by atoms with Crippen LogP contribution in [0.2, 0.25) is 0 Å². The van der Waals surface area contributed by atoms with Crippen LogP contribution in [0.1, 0.15) is 43.0 Å². The molecule has 1 N–H and O–H groups in total. The molecule has 3 aromatic rings. The molecule has 0 bridgehead atoms. The molecule has 0 aliphatic rings. The predicted molar refractivity (Wildman–Crippen MR) is 125 cm³/mol. The van der Waals surface area contributed by atoms with E-state index in [4.69, 9.17) is 9.47 Å². The van der Waals surface area contributed by atoms with E-state index >= 15 is 0 Å². The molecule has 3 rings (SSSR count). The van der Waals surface area contributed by atoms with Crippen molar-refractivity contribution in [1.82, 2.24) is 0 Å². The van der Waals surface area contributed by atoms with E-state index in [2.05, 4.69) is 43.4 Å². The van der Waals surface area contributed by atoms with Gasteiger partial charge in [-0.05, 0) is 58.5 Å². The lowest BCUT2D eigenvalue weighted by atomic mass is 9.87. The van der Waals surface area contributed by atoms with Crippen molar-refractivity contribution in [2.75, 3.05) is 12.5 Å². The molecule has 0 aromatic heterocycles. The van der Waals surface area contributed by atoms with Gasteiger partial charge in [0, 0.05) is 0 Å². The first kappa shape index (κ1) is 24.2. The van der Waals surface area contributed by atoms with Gasteiger partial charge in [-0.25, -0.2) is 0 Å². The fraction of sp³-hybridized carbons (Fsp3) is 0.269. The number of ether oxygens (including phenoxy) is 2. The highest BCUT2D eigenvalue weighted by Crippen LogP contribution is 2.31. The van der Waals surface area contributed by atoms with Gasteiger partial charge in [-0.3, -0.25) is 5.43 Å². The molecule has 0 saturated carbocycles. The number of anilines is 1. The standard InChI is InChI=1S/C26H27F3N2O2/c1-25(2,3)20-11-8-18(9-12-20)17-33-23-13-10-19(14-24(23)32-4)16-30-31-22-7-5-6-21(15-22)26(27,28)29/h5-16,31H,17H2,1-4H3. The SMILES string of the molecule is COc1cc(C=NNc2cccc(C(F)(F)F)c2)ccc1OCc1ccc(C(C)(C)C)cc1. The summed E-state index contributed by atoms with van der Waals surface area (Å²) in [5.41, 5.74) is 5.21. The fourth-order valence-corrected chi connectivity index (χ4v) is 3.09. The van der Waals surface area contributed by atoms with Crippen LogP contribution in [-0.4, -0.2) is 13.3 Å². The number of methoxy groups -OCH3 is 1. The highest BCUT2D eigenvalue weighted by molar-refractivity contribution is 5.81. The van der Waals surface area contributed by atoms with Gasteiger partial charge in [-0.1, -0.05) is 51.1 Å². The van der Waals surface area contributed by atoms with Crippen LogP contribution in [0.4, 0.5) is 18.9 Å². The lowest BCUT2D eigenvalue weighted by molar-refractivity contribution is -0.137. The van der Waals surface area contributed by atoms with E-state index in [1.54, 1.807) is 25.3 Å². The molecule has 4 nitrogen and oxygen atoms in total. The van der Waals surface area contributed by atoms with E-state index in [0.717, 1.165) is 17.7 Å². The van der Waals surface area contributed by atoms with Crippen molar-refractivity contribution >= 4 is 11.9 Å². The van der Waals surface area contributed by atoms with Crippen LogP contribution in [0.5, 0.6) is 11.5 Å². The van der Waals surface area contributed by atoms with Crippen molar-refractivity contribution < 1.29 is 22.6 Å². The third-order valence-corrected chi connectivity index (χ3v) is 5.00. The Morgan fingerprint density at radius 3 is 2.24 bits per heavy atom. The highest BCUT2D eigenvalue weighted by atomic mass is 19.4. The molecule has 0 unspecified atom stereocenters. The lowest BCUT2D eigenvalue weighted by Crippen LogP contribution is -2.10. The number of rotatable bonds is 7. The predicted octanol–water partition coefficient (Wildman–Crippen LogP) is 7.04. The number of hydrogen-bond acceptors (Lipinski definition) is 4. The van der Waals surface area contributed by atoms with E-state index in [1.807, 2.05) is 12.1 Å². The Hall–Kier alpha value is -3.48. The number of hydrazone groups is 1. The van der Waals surface area contributed by atoms with Gasteiger partial charge in [-0.2, -0.15) is 18.3 Å². The Labute approximate surface area is 192 Å². The topological polar surface area (TPSA) is 42.8 Å². The molecule has 0 heterocycles. The Morgan fingerprint density at radius 2 is 1.61 bits per heavy atom. The summed E-state index contributed by atoms with van der Waals surface area (Å²) < 4.78 is 49.8. The van der Waals surface area contributed by atoms with E-state index in [0.29, 0.717) is 23.7 Å².